The van der Waals surface area contributed by atoms with E-state index in [1.165, 1.54) is 25.3 Å². The number of ether oxygens (including phenoxy) is 1. The molecule has 0 bridgehead atoms. The van der Waals surface area contributed by atoms with E-state index in [0.717, 1.165) is 11.0 Å². The summed E-state index contributed by atoms with van der Waals surface area (Å²) in [5.74, 6) is -1.33. The average molecular weight is 305 g/mol. The Morgan fingerprint density at radius 2 is 2.14 bits per heavy atom. The number of benzene rings is 1. The average Bonchev–Trinajstić information content (AvgIpc) is 2.75. The quantitative estimate of drug-likeness (QED) is 0.606. The maximum absolute atomic E-state index is 12.1. The molecule has 1 heterocycles. The van der Waals surface area contributed by atoms with Gasteiger partial charge in [-0.25, -0.2) is 0 Å². The molecule has 0 saturated carbocycles. The first-order valence-corrected chi connectivity index (χ1v) is 6.41. The minimum Gasteiger partial charge on any atom is -0.495 e. The third-order valence-corrected chi connectivity index (χ3v) is 3.09. The molecule has 0 unspecified atom stereocenters. The van der Waals surface area contributed by atoms with E-state index in [0.29, 0.717) is 11.4 Å². The zero-order valence-electron chi connectivity index (χ0n) is 11.8. The zero-order valence-corrected chi connectivity index (χ0v) is 11.8. The summed E-state index contributed by atoms with van der Waals surface area (Å²) in [6.07, 6.45) is 1.12. The van der Waals surface area contributed by atoms with Gasteiger partial charge in [0.25, 0.3) is 11.8 Å². The molecule has 2 rings (SSSR count). The predicted octanol–water partition coefficient (Wildman–Crippen LogP) is -0.549. The lowest BCUT2D eigenvalue weighted by molar-refractivity contribution is -0.137. The number of amides is 3. The number of nitrogens with zero attached hydrogens (tertiary/aromatic N) is 1. The van der Waals surface area contributed by atoms with Gasteiger partial charge in [0.2, 0.25) is 5.91 Å². The van der Waals surface area contributed by atoms with Gasteiger partial charge < -0.3 is 20.9 Å². The molecule has 0 aliphatic carbocycles. The fourth-order valence-corrected chi connectivity index (χ4v) is 2.01. The summed E-state index contributed by atoms with van der Waals surface area (Å²) in [6.45, 7) is -0.406. The van der Waals surface area contributed by atoms with Crippen molar-refractivity contribution < 1.29 is 24.2 Å². The summed E-state index contributed by atoms with van der Waals surface area (Å²) in [5.41, 5.74) is 5.80. The van der Waals surface area contributed by atoms with Gasteiger partial charge in [-0.05, 0) is 18.2 Å². The molecular weight excluding hydrogens is 290 g/mol. The molecule has 4 N–H and O–H groups in total. The molecule has 0 radical (unpaired) electrons. The number of hydrogen-bond acceptors (Lipinski definition) is 6. The smallest absolute Gasteiger partial charge is 0.277 e. The van der Waals surface area contributed by atoms with E-state index >= 15 is 0 Å². The standard InChI is InChI=1S/C14H15N3O5/c1-22-11-3-2-8(13(15)20)6-9(11)16-10-7-12(19)17(4-5-18)14(10)21/h2-3,6-7,16,18H,4-5H2,1H3,(H2,15,20). The minimum atomic E-state index is -0.629. The molecule has 0 aromatic heterocycles. The van der Waals surface area contributed by atoms with Crippen LogP contribution in [0.25, 0.3) is 0 Å². The molecular formula is C14H15N3O5. The fraction of sp³-hybridized carbons (Fsp3) is 0.214. The van der Waals surface area contributed by atoms with Crippen LogP contribution in [0.3, 0.4) is 0 Å². The van der Waals surface area contributed by atoms with Crippen LogP contribution in [0.4, 0.5) is 5.69 Å². The Kier molecular flexibility index (Phi) is 4.42. The number of nitrogens with two attached hydrogens (primary N) is 1. The van der Waals surface area contributed by atoms with E-state index in [9.17, 15) is 14.4 Å². The molecule has 22 heavy (non-hydrogen) atoms. The number of imide groups is 1. The second-order valence-electron chi connectivity index (χ2n) is 4.48. The summed E-state index contributed by atoms with van der Waals surface area (Å²) < 4.78 is 5.14. The molecule has 3 amide bonds. The first-order valence-electron chi connectivity index (χ1n) is 6.41. The van der Waals surface area contributed by atoms with Crippen molar-refractivity contribution in [3.63, 3.8) is 0 Å². The van der Waals surface area contributed by atoms with Crippen LogP contribution in [-0.4, -0.2) is 48.0 Å². The predicted molar refractivity (Wildman–Crippen MR) is 77.0 cm³/mol. The van der Waals surface area contributed by atoms with Gasteiger partial charge in [-0.2, -0.15) is 0 Å². The number of primary amides is 1. The number of β-amino-alcohol motifs (C(OH)–C–C–N with tert-alkyl or cyclic N) is 1. The number of carbonyl (C=O) groups excluding carboxylic acids is 3. The number of rotatable bonds is 6. The van der Waals surface area contributed by atoms with Gasteiger partial charge in [0.05, 0.1) is 25.9 Å². The van der Waals surface area contributed by atoms with Crippen LogP contribution < -0.4 is 15.8 Å². The summed E-state index contributed by atoms with van der Waals surface area (Å²) >= 11 is 0. The Hall–Kier alpha value is -2.87. The van der Waals surface area contributed by atoms with Crippen LogP contribution in [-0.2, 0) is 9.59 Å². The van der Waals surface area contributed by atoms with Crippen molar-refractivity contribution in [2.75, 3.05) is 25.6 Å². The minimum absolute atomic E-state index is 0.0263. The van der Waals surface area contributed by atoms with E-state index in [4.69, 9.17) is 15.6 Å². The number of anilines is 1. The number of nitrogens with one attached hydrogen (secondary N) is 1. The van der Waals surface area contributed by atoms with Gasteiger partial charge in [-0.3, -0.25) is 19.3 Å². The number of aliphatic hydroxyl groups is 1. The van der Waals surface area contributed by atoms with Gasteiger partial charge >= 0.3 is 0 Å². The SMILES string of the molecule is COc1ccc(C(N)=O)cc1NC1=CC(=O)N(CCO)C1=O. The van der Waals surface area contributed by atoms with Crippen molar-refractivity contribution in [3.05, 3.63) is 35.5 Å². The molecule has 116 valence electrons. The molecule has 0 atom stereocenters. The van der Waals surface area contributed by atoms with E-state index in [1.807, 2.05) is 0 Å². The highest BCUT2D eigenvalue weighted by molar-refractivity contribution is 6.17. The molecule has 1 aromatic carbocycles. The van der Waals surface area contributed by atoms with E-state index in [2.05, 4.69) is 5.32 Å². The highest BCUT2D eigenvalue weighted by Gasteiger charge is 2.31. The normalized spacial score (nSPS) is 14.1. The number of carbonyl (C=O) groups is 3. The van der Waals surface area contributed by atoms with Gasteiger partial charge in [-0.15, -0.1) is 0 Å². The van der Waals surface area contributed by atoms with Crippen molar-refractivity contribution in [1.82, 2.24) is 4.90 Å². The maximum atomic E-state index is 12.1. The first kappa shape index (κ1) is 15.5. The molecule has 1 aromatic rings. The Morgan fingerprint density at radius 3 is 2.73 bits per heavy atom. The van der Waals surface area contributed by atoms with Crippen LogP contribution in [0.15, 0.2) is 30.0 Å². The molecule has 1 aliphatic rings. The molecule has 8 nitrogen and oxygen atoms in total. The molecule has 1 aliphatic heterocycles. The maximum Gasteiger partial charge on any atom is 0.277 e. The second kappa shape index (κ2) is 6.27. The van der Waals surface area contributed by atoms with Crippen LogP contribution in [0.1, 0.15) is 10.4 Å². The Bertz CT molecular complexity index is 668. The lowest BCUT2D eigenvalue weighted by atomic mass is 10.1. The third-order valence-electron chi connectivity index (χ3n) is 3.09. The summed E-state index contributed by atoms with van der Waals surface area (Å²) in [5, 5.41) is 11.6. The van der Waals surface area contributed by atoms with E-state index < -0.39 is 17.7 Å². The van der Waals surface area contributed by atoms with Crippen molar-refractivity contribution in [2.45, 2.75) is 0 Å². The van der Waals surface area contributed by atoms with E-state index in [1.54, 1.807) is 0 Å². The van der Waals surface area contributed by atoms with Crippen molar-refractivity contribution >= 4 is 23.4 Å². The molecule has 0 fully saturated rings. The number of aliphatic hydroxyl groups excluding tert-OH is 1. The lowest BCUT2D eigenvalue weighted by Crippen LogP contribution is -2.34. The Balaban J connectivity index is 2.29. The summed E-state index contributed by atoms with van der Waals surface area (Å²) in [7, 11) is 1.43. The van der Waals surface area contributed by atoms with E-state index in [-0.39, 0.29) is 24.4 Å². The van der Waals surface area contributed by atoms with Crippen LogP contribution in [0, 0.1) is 0 Å². The van der Waals surface area contributed by atoms with Crippen molar-refractivity contribution in [3.8, 4) is 5.75 Å². The first-order chi connectivity index (χ1) is 10.5. The Labute approximate surface area is 126 Å². The largest absolute Gasteiger partial charge is 0.495 e. The molecule has 8 heteroatoms. The molecule has 0 saturated heterocycles. The highest BCUT2D eigenvalue weighted by Crippen LogP contribution is 2.28. The molecule has 0 spiro atoms. The van der Waals surface area contributed by atoms with Crippen molar-refractivity contribution in [2.24, 2.45) is 5.73 Å². The third kappa shape index (κ3) is 2.91. The number of methoxy groups -OCH3 is 1. The Morgan fingerprint density at radius 1 is 1.41 bits per heavy atom. The van der Waals surface area contributed by atoms with Crippen LogP contribution in [0.5, 0.6) is 5.75 Å². The monoisotopic (exact) mass is 305 g/mol. The summed E-state index contributed by atoms with van der Waals surface area (Å²) in [4.78, 5) is 35.9. The van der Waals surface area contributed by atoms with Gasteiger partial charge in [0.1, 0.15) is 11.4 Å². The van der Waals surface area contributed by atoms with Gasteiger partial charge in [0, 0.05) is 11.6 Å². The second-order valence-corrected chi connectivity index (χ2v) is 4.48. The van der Waals surface area contributed by atoms with Crippen LogP contribution >= 0.6 is 0 Å². The topological polar surface area (TPSA) is 122 Å². The van der Waals surface area contributed by atoms with Crippen LogP contribution in [0.2, 0.25) is 0 Å². The van der Waals surface area contributed by atoms with Gasteiger partial charge in [-0.1, -0.05) is 0 Å². The fourth-order valence-electron chi connectivity index (χ4n) is 2.01. The summed E-state index contributed by atoms with van der Waals surface area (Å²) in [6, 6.07) is 4.44. The zero-order chi connectivity index (χ0) is 16.3. The highest BCUT2D eigenvalue weighted by atomic mass is 16.5. The van der Waals surface area contributed by atoms with Crippen molar-refractivity contribution in [1.29, 1.82) is 0 Å². The number of hydrogen-bond donors (Lipinski definition) is 3. The van der Waals surface area contributed by atoms with Gasteiger partial charge in [0.15, 0.2) is 0 Å². The lowest BCUT2D eigenvalue weighted by Gasteiger charge is -2.15.